The number of rotatable bonds is 2. The highest BCUT2D eigenvalue weighted by atomic mass is 32.1. The van der Waals surface area contributed by atoms with Crippen LogP contribution in [0.1, 0.15) is 12.8 Å². The molecule has 0 radical (unpaired) electrons. The molecule has 1 N–H and O–H groups in total. The Labute approximate surface area is 148 Å². The van der Waals surface area contributed by atoms with E-state index in [-0.39, 0.29) is 30.1 Å². The minimum atomic E-state index is -0.298. The Bertz CT molecular complexity index is 816. The molecule has 3 heterocycles. The van der Waals surface area contributed by atoms with Gasteiger partial charge in [0.05, 0.1) is 11.2 Å². The number of aromatic nitrogens is 1. The van der Waals surface area contributed by atoms with Crippen molar-refractivity contribution in [2.75, 3.05) is 37.6 Å². The van der Waals surface area contributed by atoms with E-state index < -0.39 is 0 Å². The van der Waals surface area contributed by atoms with Crippen LogP contribution in [0, 0.1) is 11.7 Å². The molecule has 0 spiro atoms. The SMILES string of the molecule is O=C1CN(C(=O)C2CCN(c3nc4c(F)cccc4s3)CC2)CCN1. The van der Waals surface area contributed by atoms with E-state index in [4.69, 9.17) is 0 Å². The highest BCUT2D eigenvalue weighted by Crippen LogP contribution is 2.32. The van der Waals surface area contributed by atoms with Crippen molar-refractivity contribution in [3.63, 3.8) is 0 Å². The van der Waals surface area contributed by atoms with Crippen LogP contribution in [-0.2, 0) is 9.59 Å². The first-order valence-electron chi connectivity index (χ1n) is 8.47. The van der Waals surface area contributed by atoms with Crippen LogP contribution in [0.25, 0.3) is 10.2 Å². The predicted molar refractivity (Wildman–Crippen MR) is 94.1 cm³/mol. The average molecular weight is 362 g/mol. The number of halogens is 1. The van der Waals surface area contributed by atoms with Gasteiger partial charge in [0.2, 0.25) is 11.8 Å². The van der Waals surface area contributed by atoms with E-state index in [9.17, 15) is 14.0 Å². The molecule has 0 atom stereocenters. The molecule has 2 amide bonds. The summed E-state index contributed by atoms with van der Waals surface area (Å²) in [5, 5.41) is 3.55. The second-order valence-corrected chi connectivity index (χ2v) is 7.46. The van der Waals surface area contributed by atoms with E-state index in [1.807, 2.05) is 6.07 Å². The molecule has 4 rings (SSSR count). The van der Waals surface area contributed by atoms with Gasteiger partial charge >= 0.3 is 0 Å². The Morgan fingerprint density at radius 1 is 1.28 bits per heavy atom. The standard InChI is InChI=1S/C17H19FN4O2S/c18-12-2-1-3-13-15(12)20-17(25-13)21-7-4-11(5-8-21)16(24)22-9-6-19-14(23)10-22/h1-3,11H,4-10H2,(H,19,23). The topological polar surface area (TPSA) is 65.5 Å². The van der Waals surface area contributed by atoms with E-state index in [0.29, 0.717) is 18.6 Å². The maximum Gasteiger partial charge on any atom is 0.239 e. The quantitative estimate of drug-likeness (QED) is 0.882. The van der Waals surface area contributed by atoms with Gasteiger partial charge in [-0.2, -0.15) is 0 Å². The Morgan fingerprint density at radius 3 is 2.80 bits per heavy atom. The summed E-state index contributed by atoms with van der Waals surface area (Å²) in [7, 11) is 0. The number of hydrogen-bond donors (Lipinski definition) is 1. The average Bonchev–Trinajstić information content (AvgIpc) is 3.07. The summed E-state index contributed by atoms with van der Waals surface area (Å²) in [4.78, 5) is 32.3. The van der Waals surface area contributed by atoms with Gasteiger partial charge < -0.3 is 15.1 Å². The summed E-state index contributed by atoms with van der Waals surface area (Å²) in [5.74, 6) is -0.361. The third-order valence-corrected chi connectivity index (χ3v) is 5.90. The van der Waals surface area contributed by atoms with E-state index in [1.165, 1.54) is 17.4 Å². The van der Waals surface area contributed by atoms with Crippen LogP contribution in [0.15, 0.2) is 18.2 Å². The Hall–Kier alpha value is -2.22. The third kappa shape index (κ3) is 3.18. The minimum absolute atomic E-state index is 0.0479. The van der Waals surface area contributed by atoms with Crippen molar-refractivity contribution in [1.29, 1.82) is 0 Å². The molecule has 2 aliphatic heterocycles. The number of anilines is 1. The van der Waals surface area contributed by atoms with Gasteiger partial charge in [0.15, 0.2) is 5.13 Å². The van der Waals surface area contributed by atoms with Gasteiger partial charge in [-0.1, -0.05) is 17.4 Å². The lowest BCUT2D eigenvalue weighted by Crippen LogP contribution is -2.52. The zero-order valence-corrected chi connectivity index (χ0v) is 14.5. The molecule has 1 aromatic heterocycles. The number of fused-ring (bicyclic) bond motifs is 1. The zero-order valence-electron chi connectivity index (χ0n) is 13.7. The van der Waals surface area contributed by atoms with E-state index in [0.717, 1.165) is 35.8 Å². The van der Waals surface area contributed by atoms with Crippen molar-refractivity contribution in [1.82, 2.24) is 15.2 Å². The van der Waals surface area contributed by atoms with E-state index in [1.54, 1.807) is 11.0 Å². The molecule has 0 saturated carbocycles. The molecular weight excluding hydrogens is 343 g/mol. The molecule has 2 aliphatic rings. The Balaban J connectivity index is 1.41. The Kier molecular flexibility index (Phi) is 4.29. The summed E-state index contributed by atoms with van der Waals surface area (Å²) in [6.45, 7) is 2.72. The van der Waals surface area contributed by atoms with Crippen LogP contribution in [0.4, 0.5) is 9.52 Å². The van der Waals surface area contributed by atoms with Crippen molar-refractivity contribution < 1.29 is 14.0 Å². The van der Waals surface area contributed by atoms with Crippen molar-refractivity contribution in [3.05, 3.63) is 24.0 Å². The van der Waals surface area contributed by atoms with Crippen LogP contribution in [0.2, 0.25) is 0 Å². The van der Waals surface area contributed by atoms with Crippen LogP contribution < -0.4 is 10.2 Å². The van der Waals surface area contributed by atoms with Gasteiger partial charge in [-0.3, -0.25) is 9.59 Å². The first kappa shape index (κ1) is 16.3. The monoisotopic (exact) mass is 362 g/mol. The fourth-order valence-electron chi connectivity index (χ4n) is 3.44. The molecule has 0 aliphatic carbocycles. The molecule has 1 aromatic carbocycles. The number of carbonyl (C=O) groups excluding carboxylic acids is 2. The molecular formula is C17H19FN4O2S. The number of thiazole rings is 1. The summed E-state index contributed by atoms with van der Waals surface area (Å²) in [6, 6.07) is 4.99. The molecule has 132 valence electrons. The molecule has 0 bridgehead atoms. The lowest BCUT2D eigenvalue weighted by molar-refractivity contribution is -0.141. The van der Waals surface area contributed by atoms with Gasteiger partial charge in [0, 0.05) is 32.1 Å². The Morgan fingerprint density at radius 2 is 2.08 bits per heavy atom. The van der Waals surface area contributed by atoms with Crippen LogP contribution in [0.3, 0.4) is 0 Å². The predicted octanol–water partition coefficient (Wildman–Crippen LogP) is 1.61. The van der Waals surface area contributed by atoms with Crippen LogP contribution in [0.5, 0.6) is 0 Å². The third-order valence-electron chi connectivity index (χ3n) is 4.82. The molecule has 2 fully saturated rings. The number of carbonyl (C=O) groups is 2. The number of nitrogens with one attached hydrogen (secondary N) is 1. The number of nitrogens with zero attached hydrogens (tertiary/aromatic N) is 3. The summed E-state index contributed by atoms with van der Waals surface area (Å²) in [5.41, 5.74) is 0.417. The highest BCUT2D eigenvalue weighted by molar-refractivity contribution is 7.22. The number of amides is 2. The lowest BCUT2D eigenvalue weighted by atomic mass is 9.95. The van der Waals surface area contributed by atoms with Crippen LogP contribution in [-0.4, -0.2) is 54.4 Å². The van der Waals surface area contributed by atoms with Gasteiger partial charge in [-0.15, -0.1) is 0 Å². The van der Waals surface area contributed by atoms with Gasteiger partial charge in [0.1, 0.15) is 11.3 Å². The largest absolute Gasteiger partial charge is 0.353 e. The first-order chi connectivity index (χ1) is 12.1. The normalized spacial score (nSPS) is 19.3. The summed E-state index contributed by atoms with van der Waals surface area (Å²) in [6.07, 6.45) is 1.46. The summed E-state index contributed by atoms with van der Waals surface area (Å²) >= 11 is 1.48. The number of hydrogen-bond acceptors (Lipinski definition) is 5. The number of piperazine rings is 1. The summed E-state index contributed by atoms with van der Waals surface area (Å²) < 4.78 is 14.7. The first-order valence-corrected chi connectivity index (χ1v) is 9.29. The van der Waals surface area contributed by atoms with Crippen molar-refractivity contribution in [2.24, 2.45) is 5.92 Å². The molecule has 6 nitrogen and oxygen atoms in total. The minimum Gasteiger partial charge on any atom is -0.353 e. The maximum absolute atomic E-state index is 13.8. The molecule has 2 saturated heterocycles. The molecule has 25 heavy (non-hydrogen) atoms. The maximum atomic E-state index is 13.8. The zero-order chi connectivity index (χ0) is 17.4. The smallest absolute Gasteiger partial charge is 0.239 e. The molecule has 2 aromatic rings. The lowest BCUT2D eigenvalue weighted by Gasteiger charge is -2.35. The van der Waals surface area contributed by atoms with Crippen molar-refractivity contribution in [3.8, 4) is 0 Å². The molecule has 8 heteroatoms. The second-order valence-electron chi connectivity index (χ2n) is 6.45. The fraction of sp³-hybridized carbons (Fsp3) is 0.471. The van der Waals surface area contributed by atoms with Crippen molar-refractivity contribution in [2.45, 2.75) is 12.8 Å². The van der Waals surface area contributed by atoms with Gasteiger partial charge in [-0.05, 0) is 25.0 Å². The van der Waals surface area contributed by atoms with E-state index in [2.05, 4.69) is 15.2 Å². The number of piperidine rings is 1. The fourth-order valence-corrected chi connectivity index (χ4v) is 4.47. The number of para-hydroxylation sites is 1. The van der Waals surface area contributed by atoms with Crippen LogP contribution >= 0.6 is 11.3 Å². The van der Waals surface area contributed by atoms with E-state index >= 15 is 0 Å². The second kappa shape index (κ2) is 6.59. The van der Waals surface area contributed by atoms with Gasteiger partial charge in [-0.25, -0.2) is 9.37 Å². The molecule has 0 unspecified atom stereocenters. The van der Waals surface area contributed by atoms with Crippen molar-refractivity contribution >= 4 is 38.5 Å². The highest BCUT2D eigenvalue weighted by Gasteiger charge is 2.31. The number of benzene rings is 1. The van der Waals surface area contributed by atoms with Gasteiger partial charge in [0.25, 0.3) is 0 Å².